The lowest BCUT2D eigenvalue weighted by Crippen LogP contribution is -2.42. The van der Waals surface area contributed by atoms with Gasteiger partial charge in [-0.15, -0.1) is 11.3 Å². The zero-order valence-electron chi connectivity index (χ0n) is 15.6. The second-order valence-electron chi connectivity index (χ2n) is 7.81. The van der Waals surface area contributed by atoms with Gasteiger partial charge in [0.25, 0.3) is 5.91 Å². The van der Waals surface area contributed by atoms with Crippen LogP contribution in [0, 0.1) is 5.92 Å². The summed E-state index contributed by atoms with van der Waals surface area (Å²) in [4.78, 5) is 21.7. The monoisotopic (exact) mass is 384 g/mol. The van der Waals surface area contributed by atoms with E-state index in [9.17, 15) is 9.90 Å². The van der Waals surface area contributed by atoms with E-state index in [0.717, 1.165) is 35.8 Å². The van der Waals surface area contributed by atoms with Crippen LogP contribution in [0.2, 0.25) is 0 Å². The number of amides is 1. The summed E-state index contributed by atoms with van der Waals surface area (Å²) in [5.74, 6) is 0.850. The molecule has 0 radical (unpaired) electrons. The molecule has 0 unspecified atom stereocenters. The summed E-state index contributed by atoms with van der Waals surface area (Å²) in [6.07, 6.45) is 8.81. The van der Waals surface area contributed by atoms with Crippen LogP contribution in [0.15, 0.2) is 36.2 Å². The summed E-state index contributed by atoms with van der Waals surface area (Å²) >= 11 is 1.53. The summed E-state index contributed by atoms with van der Waals surface area (Å²) in [5, 5.41) is 16.4. The zero-order valence-corrected chi connectivity index (χ0v) is 16.4. The van der Waals surface area contributed by atoms with Crippen LogP contribution in [0.25, 0.3) is 15.9 Å². The number of nitrogens with one attached hydrogen (secondary N) is 1. The molecule has 142 valence electrons. The Bertz CT molecular complexity index is 935. The molecule has 0 atom stereocenters. The minimum Gasteiger partial charge on any atom is -0.390 e. The zero-order chi connectivity index (χ0) is 19.0. The van der Waals surface area contributed by atoms with Gasteiger partial charge in [0, 0.05) is 18.4 Å². The van der Waals surface area contributed by atoms with Crippen molar-refractivity contribution in [3.05, 3.63) is 41.9 Å². The summed E-state index contributed by atoms with van der Waals surface area (Å²) in [7, 11) is 0. The van der Waals surface area contributed by atoms with Crippen molar-refractivity contribution in [3.8, 4) is 5.82 Å². The number of aromatic nitrogens is 3. The predicted octanol–water partition coefficient (Wildman–Crippen LogP) is 3.54. The summed E-state index contributed by atoms with van der Waals surface area (Å²) < 4.78 is 2.71. The average molecular weight is 385 g/mol. The highest BCUT2D eigenvalue weighted by Crippen LogP contribution is 2.33. The molecule has 3 heterocycles. The molecule has 0 spiro atoms. The summed E-state index contributed by atoms with van der Waals surface area (Å²) in [5.41, 5.74) is -0.186. The van der Waals surface area contributed by atoms with E-state index in [4.69, 9.17) is 0 Å². The van der Waals surface area contributed by atoms with E-state index in [-0.39, 0.29) is 17.9 Å². The molecule has 1 aliphatic carbocycles. The number of rotatable bonds is 4. The van der Waals surface area contributed by atoms with Gasteiger partial charge >= 0.3 is 0 Å². The fourth-order valence-corrected chi connectivity index (χ4v) is 4.70. The molecular formula is C20H24N4O2S. The first-order chi connectivity index (χ1) is 12.9. The standard InChI is InChI=1S/C20H24N4O2S/c1-20(2,26)14-3-5-15(6-4-14)22-19(25)17-18-13(7-10-27-18)11-16(23-17)24-9-8-21-12-24/h7-12,14-15,26H,3-6H2,1-2H3,(H,22,25)/t14-,15-. The molecule has 0 saturated heterocycles. The van der Waals surface area contributed by atoms with Crippen LogP contribution < -0.4 is 5.32 Å². The number of carbonyl (C=O) groups is 1. The van der Waals surface area contributed by atoms with Crippen LogP contribution in [0.5, 0.6) is 0 Å². The Morgan fingerprint density at radius 2 is 2.11 bits per heavy atom. The largest absolute Gasteiger partial charge is 0.390 e. The van der Waals surface area contributed by atoms with Crippen LogP contribution in [-0.2, 0) is 0 Å². The fraction of sp³-hybridized carbons (Fsp3) is 0.450. The molecule has 6 nitrogen and oxygen atoms in total. The number of carbonyl (C=O) groups excluding carboxylic acids is 1. The van der Waals surface area contributed by atoms with Gasteiger partial charge in [0.05, 0.1) is 10.3 Å². The highest BCUT2D eigenvalue weighted by molar-refractivity contribution is 7.17. The van der Waals surface area contributed by atoms with E-state index in [1.165, 1.54) is 11.3 Å². The molecule has 7 heteroatoms. The number of fused-ring (bicyclic) bond motifs is 1. The van der Waals surface area contributed by atoms with Crippen molar-refractivity contribution in [3.63, 3.8) is 0 Å². The minimum absolute atomic E-state index is 0.129. The highest BCUT2D eigenvalue weighted by Gasteiger charge is 2.32. The Kier molecular flexibility index (Phi) is 4.74. The van der Waals surface area contributed by atoms with Gasteiger partial charge < -0.3 is 10.4 Å². The summed E-state index contributed by atoms with van der Waals surface area (Å²) in [6, 6.07) is 4.11. The second-order valence-corrected chi connectivity index (χ2v) is 8.73. The van der Waals surface area contributed by atoms with Crippen LogP contribution in [0.4, 0.5) is 0 Å². The molecule has 1 saturated carbocycles. The molecule has 2 N–H and O–H groups in total. The van der Waals surface area contributed by atoms with E-state index in [1.807, 2.05) is 42.1 Å². The molecule has 0 aromatic carbocycles. The van der Waals surface area contributed by atoms with Gasteiger partial charge in [0.2, 0.25) is 0 Å². The number of thiophene rings is 1. The van der Waals surface area contributed by atoms with Gasteiger partial charge in [-0.25, -0.2) is 9.97 Å². The van der Waals surface area contributed by atoms with E-state index in [1.54, 1.807) is 12.5 Å². The molecular weight excluding hydrogens is 360 g/mol. The van der Waals surface area contributed by atoms with E-state index >= 15 is 0 Å². The fourth-order valence-electron chi connectivity index (χ4n) is 3.84. The number of hydrogen-bond donors (Lipinski definition) is 2. The Morgan fingerprint density at radius 1 is 1.33 bits per heavy atom. The van der Waals surface area contributed by atoms with Gasteiger partial charge in [0.15, 0.2) is 0 Å². The number of imidazole rings is 1. The topological polar surface area (TPSA) is 80.0 Å². The number of hydrogen-bond acceptors (Lipinski definition) is 5. The lowest BCUT2D eigenvalue weighted by atomic mass is 9.77. The van der Waals surface area contributed by atoms with Crippen molar-refractivity contribution in [2.75, 3.05) is 0 Å². The first-order valence-corrected chi connectivity index (χ1v) is 10.2. The average Bonchev–Trinajstić information content (AvgIpc) is 3.32. The van der Waals surface area contributed by atoms with E-state index in [0.29, 0.717) is 11.5 Å². The van der Waals surface area contributed by atoms with E-state index < -0.39 is 5.60 Å². The van der Waals surface area contributed by atoms with Crippen molar-refractivity contribution in [1.29, 1.82) is 0 Å². The quantitative estimate of drug-likeness (QED) is 0.721. The first kappa shape index (κ1) is 18.1. The molecule has 1 fully saturated rings. The molecule has 0 bridgehead atoms. The van der Waals surface area contributed by atoms with Crippen molar-refractivity contribution < 1.29 is 9.90 Å². The van der Waals surface area contributed by atoms with Gasteiger partial charge in [-0.1, -0.05) is 0 Å². The van der Waals surface area contributed by atoms with Crippen LogP contribution in [0.1, 0.15) is 50.0 Å². The Hall–Kier alpha value is -2.25. The smallest absolute Gasteiger partial charge is 0.271 e. The highest BCUT2D eigenvalue weighted by atomic mass is 32.1. The third-order valence-electron chi connectivity index (χ3n) is 5.47. The minimum atomic E-state index is -0.654. The maximum atomic E-state index is 13.0. The van der Waals surface area contributed by atoms with E-state index in [2.05, 4.69) is 15.3 Å². The molecule has 0 aliphatic heterocycles. The summed E-state index contributed by atoms with van der Waals surface area (Å²) in [6.45, 7) is 3.74. The predicted molar refractivity (Wildman–Crippen MR) is 106 cm³/mol. The Morgan fingerprint density at radius 3 is 2.78 bits per heavy atom. The normalized spacial score (nSPS) is 20.7. The molecule has 1 aliphatic rings. The van der Waals surface area contributed by atoms with Crippen molar-refractivity contribution >= 4 is 27.3 Å². The van der Waals surface area contributed by atoms with Gasteiger partial charge in [-0.3, -0.25) is 9.36 Å². The molecule has 4 rings (SSSR count). The van der Waals surface area contributed by atoms with Gasteiger partial charge in [0.1, 0.15) is 17.8 Å². The molecule has 1 amide bonds. The maximum absolute atomic E-state index is 13.0. The third-order valence-corrected chi connectivity index (χ3v) is 6.40. The SMILES string of the molecule is CC(C)(O)[C@H]1CC[C@H](NC(=O)c2nc(-n3ccnc3)cc3ccsc23)CC1. The van der Waals surface area contributed by atoms with Crippen molar-refractivity contribution in [1.82, 2.24) is 19.9 Å². The lowest BCUT2D eigenvalue weighted by Gasteiger charge is -2.36. The first-order valence-electron chi connectivity index (χ1n) is 9.31. The molecule has 27 heavy (non-hydrogen) atoms. The van der Waals surface area contributed by atoms with Crippen LogP contribution in [-0.4, -0.2) is 37.2 Å². The van der Waals surface area contributed by atoms with Crippen molar-refractivity contribution in [2.24, 2.45) is 5.92 Å². The number of pyridine rings is 1. The number of aliphatic hydroxyl groups is 1. The number of nitrogens with zero attached hydrogens (tertiary/aromatic N) is 3. The van der Waals surface area contributed by atoms with Gasteiger partial charge in [-0.2, -0.15) is 0 Å². The van der Waals surface area contributed by atoms with Crippen LogP contribution >= 0.6 is 11.3 Å². The lowest BCUT2D eigenvalue weighted by molar-refractivity contribution is -0.00258. The molecule has 3 aromatic rings. The Balaban J connectivity index is 1.54. The van der Waals surface area contributed by atoms with Crippen molar-refractivity contribution in [2.45, 2.75) is 51.2 Å². The Labute approximate surface area is 162 Å². The molecule has 3 aromatic heterocycles. The maximum Gasteiger partial charge on any atom is 0.271 e. The third kappa shape index (κ3) is 3.75. The van der Waals surface area contributed by atoms with Gasteiger partial charge in [-0.05, 0) is 68.3 Å². The second kappa shape index (κ2) is 7.05. The van der Waals surface area contributed by atoms with Crippen LogP contribution in [0.3, 0.4) is 0 Å².